The monoisotopic (exact) mass is 406 g/mol. The van der Waals surface area contributed by atoms with Gasteiger partial charge in [-0.25, -0.2) is 8.78 Å². The van der Waals surface area contributed by atoms with Crippen LogP contribution in [0.1, 0.15) is 23.6 Å². The molecule has 0 radical (unpaired) electrons. The number of nitrogens with two attached hydrogens (primary N) is 1. The van der Waals surface area contributed by atoms with Crippen LogP contribution in [-0.2, 0) is 19.4 Å². The summed E-state index contributed by atoms with van der Waals surface area (Å²) >= 11 is 0. The van der Waals surface area contributed by atoms with E-state index in [2.05, 4.69) is 24.4 Å². The first-order valence-electron chi connectivity index (χ1n) is 8.15. The van der Waals surface area contributed by atoms with E-state index in [-0.39, 0.29) is 31.2 Å². The summed E-state index contributed by atoms with van der Waals surface area (Å²) in [5.74, 6) is -1.28. The molecule has 0 unspecified atom stereocenters. The van der Waals surface area contributed by atoms with E-state index in [1.54, 1.807) is 0 Å². The van der Waals surface area contributed by atoms with E-state index in [0.29, 0.717) is 18.7 Å². The molecule has 0 heterocycles. The van der Waals surface area contributed by atoms with E-state index in [1.165, 1.54) is 17.7 Å². The number of halogens is 4. The lowest BCUT2D eigenvalue weighted by atomic mass is 10.0. The predicted molar refractivity (Wildman–Crippen MR) is 106 cm³/mol. The van der Waals surface area contributed by atoms with Crippen molar-refractivity contribution in [2.45, 2.75) is 38.5 Å². The van der Waals surface area contributed by atoms with Gasteiger partial charge in [0, 0.05) is 25.2 Å². The summed E-state index contributed by atoms with van der Waals surface area (Å²) in [6.07, 6.45) is 0.389. The minimum Gasteiger partial charge on any atom is -0.390 e. The molecule has 2 atom stereocenters. The van der Waals surface area contributed by atoms with Crippen LogP contribution in [0.5, 0.6) is 0 Å². The molecule has 0 spiro atoms. The first-order valence-corrected chi connectivity index (χ1v) is 8.15. The van der Waals surface area contributed by atoms with Gasteiger partial charge in [-0.05, 0) is 41.7 Å². The zero-order valence-corrected chi connectivity index (χ0v) is 16.3. The molecule has 0 saturated heterocycles. The smallest absolute Gasteiger partial charge is 0.126 e. The third-order valence-electron chi connectivity index (χ3n) is 3.97. The van der Waals surface area contributed by atoms with Crippen LogP contribution in [0.15, 0.2) is 42.5 Å². The lowest BCUT2D eigenvalue weighted by molar-refractivity contribution is 0.141. The van der Waals surface area contributed by atoms with Crippen LogP contribution < -0.4 is 11.1 Å². The number of nitrogens with one attached hydrogen (secondary N) is 1. The summed E-state index contributed by atoms with van der Waals surface area (Å²) in [7, 11) is 0. The first-order chi connectivity index (χ1) is 11.5. The van der Waals surface area contributed by atoms with E-state index in [1.807, 2.05) is 12.1 Å². The van der Waals surface area contributed by atoms with Crippen LogP contribution in [-0.4, -0.2) is 23.8 Å². The molecule has 0 aromatic heterocycles. The molecule has 2 rings (SSSR count). The van der Waals surface area contributed by atoms with E-state index in [9.17, 15) is 13.9 Å². The quantitative estimate of drug-likeness (QED) is 0.629. The summed E-state index contributed by atoms with van der Waals surface area (Å²) in [5, 5.41) is 13.3. The van der Waals surface area contributed by atoms with Crippen molar-refractivity contribution in [2.24, 2.45) is 5.73 Å². The van der Waals surface area contributed by atoms with Gasteiger partial charge in [-0.2, -0.15) is 0 Å². The van der Waals surface area contributed by atoms with Crippen LogP contribution in [0.4, 0.5) is 8.78 Å². The summed E-state index contributed by atoms with van der Waals surface area (Å²) in [5.41, 5.74) is 8.78. The molecule has 26 heavy (non-hydrogen) atoms. The van der Waals surface area contributed by atoms with Crippen molar-refractivity contribution in [3.8, 4) is 0 Å². The molecule has 0 aliphatic carbocycles. The fraction of sp³-hybridized carbons (Fsp3) is 0.368. The van der Waals surface area contributed by atoms with Crippen LogP contribution in [0.3, 0.4) is 0 Å². The number of benzene rings is 2. The minimum absolute atomic E-state index is 0. The highest BCUT2D eigenvalue weighted by atomic mass is 35.5. The lowest BCUT2D eigenvalue weighted by Gasteiger charge is -2.19. The number of rotatable bonds is 8. The predicted octanol–water partition coefficient (Wildman–Crippen LogP) is 3.39. The maximum Gasteiger partial charge on any atom is 0.126 e. The maximum absolute atomic E-state index is 13.2. The average molecular weight is 407 g/mol. The molecule has 0 fully saturated rings. The topological polar surface area (TPSA) is 58.3 Å². The Bertz CT molecular complexity index is 653. The number of aryl methyl sites for hydroxylation is 1. The molecule has 0 bridgehead atoms. The number of hydrogen-bond acceptors (Lipinski definition) is 3. The molecule has 7 heteroatoms. The Morgan fingerprint density at radius 2 is 1.62 bits per heavy atom. The van der Waals surface area contributed by atoms with Gasteiger partial charge in [-0.15, -0.1) is 24.8 Å². The SMILES string of the molecule is CCc1cccc(CNC[C@H](O)[C@H](N)Cc2cc(F)cc(F)c2)c1.Cl.Cl. The maximum atomic E-state index is 13.2. The molecule has 4 N–H and O–H groups in total. The van der Waals surface area contributed by atoms with Gasteiger partial charge in [-0.3, -0.25) is 0 Å². The Morgan fingerprint density at radius 1 is 1.00 bits per heavy atom. The van der Waals surface area contributed by atoms with Gasteiger partial charge in [0.15, 0.2) is 0 Å². The largest absolute Gasteiger partial charge is 0.390 e. The lowest BCUT2D eigenvalue weighted by Crippen LogP contribution is -2.43. The second-order valence-electron chi connectivity index (χ2n) is 6.02. The van der Waals surface area contributed by atoms with Crippen molar-refractivity contribution in [3.05, 3.63) is 70.8 Å². The third kappa shape index (κ3) is 7.98. The molecule has 0 amide bonds. The van der Waals surface area contributed by atoms with Crippen molar-refractivity contribution >= 4 is 24.8 Å². The zero-order chi connectivity index (χ0) is 17.5. The molecule has 0 aliphatic heterocycles. The average Bonchev–Trinajstić information content (AvgIpc) is 2.54. The van der Waals surface area contributed by atoms with Gasteiger partial charge in [0.2, 0.25) is 0 Å². The Morgan fingerprint density at radius 3 is 2.23 bits per heavy atom. The van der Waals surface area contributed by atoms with E-state index >= 15 is 0 Å². The van der Waals surface area contributed by atoms with Gasteiger partial charge in [-0.1, -0.05) is 31.2 Å². The fourth-order valence-electron chi connectivity index (χ4n) is 2.61. The van der Waals surface area contributed by atoms with Crippen LogP contribution in [0.2, 0.25) is 0 Å². The molecule has 146 valence electrons. The molecular weight excluding hydrogens is 381 g/mol. The summed E-state index contributed by atoms with van der Waals surface area (Å²) < 4.78 is 26.4. The normalized spacial score (nSPS) is 12.7. The van der Waals surface area contributed by atoms with Crippen molar-refractivity contribution in [3.63, 3.8) is 0 Å². The number of aliphatic hydroxyl groups is 1. The van der Waals surface area contributed by atoms with E-state index in [4.69, 9.17) is 5.73 Å². The van der Waals surface area contributed by atoms with Crippen LogP contribution >= 0.6 is 24.8 Å². The highest BCUT2D eigenvalue weighted by molar-refractivity contribution is 5.85. The highest BCUT2D eigenvalue weighted by Crippen LogP contribution is 2.11. The summed E-state index contributed by atoms with van der Waals surface area (Å²) in [4.78, 5) is 0. The molecule has 0 saturated carbocycles. The number of hydrogen-bond donors (Lipinski definition) is 3. The Kier molecular flexibility index (Phi) is 11.6. The molecular formula is C19H26Cl2F2N2O. The summed E-state index contributed by atoms with van der Waals surface area (Å²) in [6.45, 7) is 3.05. The molecule has 2 aromatic rings. The Hall–Kier alpha value is -1.24. The van der Waals surface area contributed by atoms with Gasteiger partial charge >= 0.3 is 0 Å². The van der Waals surface area contributed by atoms with Crippen LogP contribution in [0, 0.1) is 11.6 Å². The molecule has 2 aromatic carbocycles. The van der Waals surface area contributed by atoms with Crippen LogP contribution in [0.25, 0.3) is 0 Å². The number of aliphatic hydroxyl groups excluding tert-OH is 1. The standard InChI is InChI=1S/C19H24F2N2O.2ClH/c1-2-13-4-3-5-14(6-13)11-23-12-19(24)18(22)9-15-7-16(20)10-17(21)8-15;;/h3-8,10,18-19,23-24H,2,9,11-12,22H2,1H3;2*1H/t18-,19+;;/m1../s1. The fourth-order valence-corrected chi connectivity index (χ4v) is 2.61. The summed E-state index contributed by atoms with van der Waals surface area (Å²) in [6, 6.07) is 10.9. The Labute approximate surface area is 165 Å². The van der Waals surface area contributed by atoms with Gasteiger partial charge < -0.3 is 16.2 Å². The zero-order valence-electron chi connectivity index (χ0n) is 14.6. The van der Waals surface area contributed by atoms with Crippen molar-refractivity contribution in [1.82, 2.24) is 5.32 Å². The van der Waals surface area contributed by atoms with Gasteiger partial charge in [0.25, 0.3) is 0 Å². The van der Waals surface area contributed by atoms with Gasteiger partial charge in [0.05, 0.1) is 6.10 Å². The van der Waals surface area contributed by atoms with E-state index < -0.39 is 23.8 Å². The second-order valence-corrected chi connectivity index (χ2v) is 6.02. The third-order valence-corrected chi connectivity index (χ3v) is 3.97. The molecule has 0 aliphatic rings. The van der Waals surface area contributed by atoms with Crippen molar-refractivity contribution in [2.75, 3.05) is 6.54 Å². The molecule has 3 nitrogen and oxygen atoms in total. The van der Waals surface area contributed by atoms with Crippen molar-refractivity contribution in [1.29, 1.82) is 0 Å². The minimum atomic E-state index is -0.800. The Balaban J connectivity index is 0.00000312. The van der Waals surface area contributed by atoms with E-state index in [0.717, 1.165) is 18.1 Å². The second kappa shape index (κ2) is 12.2. The highest BCUT2D eigenvalue weighted by Gasteiger charge is 2.16. The van der Waals surface area contributed by atoms with Gasteiger partial charge in [0.1, 0.15) is 11.6 Å². The van der Waals surface area contributed by atoms with Crippen molar-refractivity contribution < 1.29 is 13.9 Å². The first kappa shape index (κ1) is 24.8.